The van der Waals surface area contributed by atoms with Gasteiger partial charge in [0.2, 0.25) is 5.91 Å². The Balaban J connectivity index is 0.00000196. The lowest BCUT2D eigenvalue weighted by Gasteiger charge is -2.06. The topological polar surface area (TPSA) is 55.1 Å². The molecule has 0 aliphatic rings. The minimum atomic E-state index is -0.106. The minimum absolute atomic E-state index is 0. The maximum Gasteiger partial charge on any atom is 0.225 e. The molecule has 0 spiro atoms. The summed E-state index contributed by atoms with van der Waals surface area (Å²) in [4.78, 5) is 11.3. The van der Waals surface area contributed by atoms with E-state index in [0.717, 1.165) is 10.2 Å². The molecule has 0 aromatic heterocycles. The zero-order chi connectivity index (χ0) is 10.6. The highest BCUT2D eigenvalue weighted by Crippen LogP contribution is 2.14. The van der Waals surface area contributed by atoms with Gasteiger partial charge in [-0.1, -0.05) is 15.9 Å². The Morgan fingerprint density at radius 2 is 2.00 bits per heavy atom. The van der Waals surface area contributed by atoms with Crippen molar-refractivity contribution < 1.29 is 4.79 Å². The van der Waals surface area contributed by atoms with Gasteiger partial charge in [-0.3, -0.25) is 4.79 Å². The van der Waals surface area contributed by atoms with Gasteiger partial charge < -0.3 is 11.1 Å². The highest BCUT2D eigenvalue weighted by atomic mass is 79.9. The molecule has 1 aromatic carbocycles. The van der Waals surface area contributed by atoms with Crippen molar-refractivity contribution in [2.45, 2.75) is 19.4 Å². The Kier molecular flexibility index (Phi) is 6.56. The van der Waals surface area contributed by atoms with Crippen molar-refractivity contribution in [3.63, 3.8) is 0 Å². The van der Waals surface area contributed by atoms with E-state index in [1.165, 1.54) is 0 Å². The van der Waals surface area contributed by atoms with Crippen LogP contribution in [0.1, 0.15) is 13.3 Å². The molecule has 1 rings (SSSR count). The zero-order valence-electron chi connectivity index (χ0n) is 8.37. The first kappa shape index (κ1) is 14.4. The van der Waals surface area contributed by atoms with E-state index in [1.807, 2.05) is 24.3 Å². The number of nitrogens with two attached hydrogens (primary N) is 1. The summed E-state index contributed by atoms with van der Waals surface area (Å²) in [6, 6.07) is 7.32. The van der Waals surface area contributed by atoms with Crippen LogP contribution in [-0.4, -0.2) is 11.9 Å². The van der Waals surface area contributed by atoms with Crippen LogP contribution in [0.3, 0.4) is 0 Å². The Bertz CT molecular complexity index is 314. The molecule has 1 unspecified atom stereocenters. The van der Waals surface area contributed by atoms with Crippen LogP contribution in [0.15, 0.2) is 28.7 Å². The first-order valence-electron chi connectivity index (χ1n) is 4.39. The maximum atomic E-state index is 11.3. The average molecular weight is 294 g/mol. The molecule has 15 heavy (non-hydrogen) atoms. The van der Waals surface area contributed by atoms with Crippen molar-refractivity contribution in [2.24, 2.45) is 5.73 Å². The molecule has 1 aromatic rings. The van der Waals surface area contributed by atoms with Crippen molar-refractivity contribution >= 4 is 39.9 Å². The fourth-order valence-electron chi connectivity index (χ4n) is 1.04. The summed E-state index contributed by atoms with van der Waals surface area (Å²) in [6.07, 6.45) is 0.343. The molecule has 1 atom stereocenters. The Morgan fingerprint density at radius 3 is 2.47 bits per heavy atom. The van der Waals surface area contributed by atoms with Crippen molar-refractivity contribution in [3.8, 4) is 0 Å². The van der Waals surface area contributed by atoms with Crippen LogP contribution in [-0.2, 0) is 4.79 Å². The number of benzene rings is 1. The van der Waals surface area contributed by atoms with Crippen molar-refractivity contribution in [3.05, 3.63) is 28.7 Å². The molecule has 0 aliphatic heterocycles. The largest absolute Gasteiger partial charge is 0.327 e. The molecule has 5 heteroatoms. The lowest BCUT2D eigenvalue weighted by Crippen LogP contribution is -2.23. The molecular weight excluding hydrogens is 279 g/mol. The third-order valence-corrected chi connectivity index (χ3v) is 2.16. The number of nitrogens with one attached hydrogen (secondary N) is 1. The van der Waals surface area contributed by atoms with Crippen molar-refractivity contribution in [2.75, 3.05) is 5.32 Å². The van der Waals surface area contributed by atoms with Gasteiger partial charge in [-0.25, -0.2) is 0 Å². The number of rotatable bonds is 3. The highest BCUT2D eigenvalue weighted by Gasteiger charge is 2.04. The predicted octanol–water partition coefficient (Wildman–Crippen LogP) is 2.55. The van der Waals surface area contributed by atoms with Crippen LogP contribution in [0.5, 0.6) is 0 Å². The number of hydrogen-bond acceptors (Lipinski definition) is 2. The molecule has 3 nitrogen and oxygen atoms in total. The van der Waals surface area contributed by atoms with Crippen LogP contribution in [0.25, 0.3) is 0 Å². The molecule has 0 aliphatic carbocycles. The Labute approximate surface area is 104 Å². The molecule has 3 N–H and O–H groups in total. The Morgan fingerprint density at radius 1 is 1.47 bits per heavy atom. The second kappa shape index (κ2) is 6.82. The van der Waals surface area contributed by atoms with Crippen LogP contribution >= 0.6 is 28.3 Å². The van der Waals surface area contributed by atoms with Gasteiger partial charge in [0, 0.05) is 22.6 Å². The van der Waals surface area contributed by atoms with Gasteiger partial charge in [-0.15, -0.1) is 12.4 Å². The molecule has 1 amide bonds. The fraction of sp³-hybridized carbons (Fsp3) is 0.300. The zero-order valence-corrected chi connectivity index (χ0v) is 10.8. The van der Waals surface area contributed by atoms with Gasteiger partial charge >= 0.3 is 0 Å². The van der Waals surface area contributed by atoms with E-state index in [1.54, 1.807) is 6.92 Å². The van der Waals surface area contributed by atoms with E-state index in [2.05, 4.69) is 21.2 Å². The van der Waals surface area contributed by atoms with Crippen molar-refractivity contribution in [1.82, 2.24) is 0 Å². The van der Waals surface area contributed by atoms with E-state index in [4.69, 9.17) is 5.73 Å². The second-order valence-electron chi connectivity index (χ2n) is 3.24. The van der Waals surface area contributed by atoms with E-state index in [-0.39, 0.29) is 24.4 Å². The molecule has 0 saturated heterocycles. The molecule has 0 bridgehead atoms. The number of carbonyl (C=O) groups excluding carboxylic acids is 1. The van der Waals surface area contributed by atoms with Crippen LogP contribution in [0.2, 0.25) is 0 Å². The summed E-state index contributed by atoms with van der Waals surface area (Å²) in [5.41, 5.74) is 6.29. The summed E-state index contributed by atoms with van der Waals surface area (Å²) in [5, 5.41) is 2.76. The first-order chi connectivity index (χ1) is 6.58. The molecule has 0 radical (unpaired) electrons. The number of anilines is 1. The highest BCUT2D eigenvalue weighted by molar-refractivity contribution is 9.10. The van der Waals surface area contributed by atoms with Gasteiger partial charge in [0.1, 0.15) is 0 Å². The quantitative estimate of drug-likeness (QED) is 0.900. The van der Waals surface area contributed by atoms with Gasteiger partial charge in [0.05, 0.1) is 0 Å². The summed E-state index contributed by atoms with van der Waals surface area (Å²) >= 11 is 3.32. The SMILES string of the molecule is CC(N)CC(=O)Nc1ccc(Br)cc1.Cl. The second-order valence-corrected chi connectivity index (χ2v) is 4.15. The summed E-state index contributed by atoms with van der Waals surface area (Å²) in [6.45, 7) is 1.81. The lowest BCUT2D eigenvalue weighted by atomic mass is 10.2. The van der Waals surface area contributed by atoms with Crippen molar-refractivity contribution in [1.29, 1.82) is 0 Å². The van der Waals surface area contributed by atoms with Crippen LogP contribution in [0, 0.1) is 0 Å². The van der Waals surface area contributed by atoms with Gasteiger partial charge in [-0.05, 0) is 31.2 Å². The lowest BCUT2D eigenvalue weighted by molar-refractivity contribution is -0.116. The number of amides is 1. The Hall–Kier alpha value is -0.580. The standard InChI is InChI=1S/C10H13BrN2O.ClH/c1-7(12)6-10(14)13-9-4-2-8(11)3-5-9;/h2-5,7H,6,12H2,1H3,(H,13,14);1H. The summed E-state index contributed by atoms with van der Waals surface area (Å²) in [7, 11) is 0. The smallest absolute Gasteiger partial charge is 0.225 e. The molecular formula is C10H14BrClN2O. The summed E-state index contributed by atoms with van der Waals surface area (Å²) < 4.78 is 0.989. The molecule has 0 heterocycles. The average Bonchev–Trinajstić information content (AvgIpc) is 2.07. The number of hydrogen-bond donors (Lipinski definition) is 2. The van der Waals surface area contributed by atoms with E-state index < -0.39 is 0 Å². The summed E-state index contributed by atoms with van der Waals surface area (Å²) in [5.74, 6) is -0.0534. The molecule has 0 saturated carbocycles. The first-order valence-corrected chi connectivity index (χ1v) is 5.18. The number of halogens is 2. The minimum Gasteiger partial charge on any atom is -0.327 e. The van der Waals surface area contributed by atoms with Gasteiger partial charge in [-0.2, -0.15) is 0 Å². The van der Waals surface area contributed by atoms with E-state index in [9.17, 15) is 4.79 Å². The van der Waals surface area contributed by atoms with E-state index >= 15 is 0 Å². The van der Waals surface area contributed by atoms with Crippen LogP contribution < -0.4 is 11.1 Å². The number of carbonyl (C=O) groups is 1. The molecule has 0 fully saturated rings. The third-order valence-electron chi connectivity index (χ3n) is 1.64. The monoisotopic (exact) mass is 292 g/mol. The normalized spacial score (nSPS) is 11.4. The fourth-order valence-corrected chi connectivity index (χ4v) is 1.30. The third kappa shape index (κ3) is 5.77. The van der Waals surface area contributed by atoms with Gasteiger partial charge in [0.25, 0.3) is 0 Å². The van der Waals surface area contributed by atoms with Crippen LogP contribution in [0.4, 0.5) is 5.69 Å². The van der Waals surface area contributed by atoms with E-state index in [0.29, 0.717) is 6.42 Å². The molecule has 84 valence electrons. The maximum absolute atomic E-state index is 11.3. The predicted molar refractivity (Wildman–Crippen MR) is 68.3 cm³/mol. The van der Waals surface area contributed by atoms with Gasteiger partial charge in [0.15, 0.2) is 0 Å².